The lowest BCUT2D eigenvalue weighted by atomic mass is 10.2. The van der Waals surface area contributed by atoms with Gasteiger partial charge < -0.3 is 9.84 Å². The van der Waals surface area contributed by atoms with Crippen LogP contribution in [0.25, 0.3) is 10.1 Å². The molecule has 0 fully saturated rings. The summed E-state index contributed by atoms with van der Waals surface area (Å²) < 4.78 is 19.0. The Morgan fingerprint density at radius 1 is 1.50 bits per heavy atom. The molecule has 74 valence electrons. The van der Waals surface area contributed by atoms with Gasteiger partial charge in [-0.3, -0.25) is 0 Å². The van der Waals surface area contributed by atoms with Gasteiger partial charge in [-0.2, -0.15) is 0 Å². The minimum atomic E-state index is -0.369. The highest BCUT2D eigenvalue weighted by atomic mass is 32.1. The number of hydrogen-bond acceptors (Lipinski definition) is 3. The van der Waals surface area contributed by atoms with Crippen LogP contribution in [-0.2, 0) is 6.61 Å². The third-order valence-corrected chi connectivity index (χ3v) is 3.14. The normalized spacial score (nSPS) is 10.8. The molecule has 2 rings (SSSR count). The monoisotopic (exact) mass is 212 g/mol. The molecule has 0 radical (unpaired) electrons. The van der Waals surface area contributed by atoms with Gasteiger partial charge >= 0.3 is 0 Å². The Labute approximate surface area is 84.6 Å². The van der Waals surface area contributed by atoms with Gasteiger partial charge in [0.05, 0.1) is 18.4 Å². The molecule has 0 bridgehead atoms. The molecule has 0 spiro atoms. The molecule has 2 nitrogen and oxygen atoms in total. The van der Waals surface area contributed by atoms with Gasteiger partial charge in [0.25, 0.3) is 0 Å². The fourth-order valence-corrected chi connectivity index (χ4v) is 2.41. The summed E-state index contributed by atoms with van der Waals surface area (Å²) in [7, 11) is 1.44. The quantitative estimate of drug-likeness (QED) is 0.829. The second-order valence-corrected chi connectivity index (χ2v) is 4.01. The van der Waals surface area contributed by atoms with Gasteiger partial charge in [0.2, 0.25) is 0 Å². The molecular formula is C10H9FO2S. The third-order valence-electron chi connectivity index (χ3n) is 2.00. The van der Waals surface area contributed by atoms with Gasteiger partial charge in [0.15, 0.2) is 11.6 Å². The fraction of sp³-hybridized carbons (Fsp3) is 0.200. The molecule has 4 heteroatoms. The van der Waals surface area contributed by atoms with Crippen LogP contribution >= 0.6 is 11.3 Å². The van der Waals surface area contributed by atoms with E-state index < -0.39 is 0 Å². The molecule has 1 N–H and O–H groups in total. The highest BCUT2D eigenvalue weighted by Crippen LogP contribution is 2.35. The predicted molar refractivity (Wildman–Crippen MR) is 54.3 cm³/mol. The van der Waals surface area contributed by atoms with Crippen molar-refractivity contribution in [2.45, 2.75) is 6.61 Å². The van der Waals surface area contributed by atoms with Crippen molar-refractivity contribution in [3.05, 3.63) is 28.9 Å². The number of halogens is 1. The Morgan fingerprint density at radius 2 is 2.29 bits per heavy atom. The van der Waals surface area contributed by atoms with Crippen molar-refractivity contribution in [3.8, 4) is 5.75 Å². The molecule has 14 heavy (non-hydrogen) atoms. The van der Waals surface area contributed by atoms with Crippen LogP contribution in [0, 0.1) is 5.82 Å². The first-order valence-corrected chi connectivity index (χ1v) is 4.93. The number of aliphatic hydroxyl groups is 1. The van der Waals surface area contributed by atoms with E-state index in [0.717, 1.165) is 15.0 Å². The summed E-state index contributed by atoms with van der Waals surface area (Å²) in [6.45, 7) is -0.0237. The molecule has 0 aliphatic rings. The average molecular weight is 212 g/mol. The van der Waals surface area contributed by atoms with Crippen molar-refractivity contribution in [3.63, 3.8) is 0 Å². The van der Waals surface area contributed by atoms with Gasteiger partial charge in [-0.25, -0.2) is 4.39 Å². The van der Waals surface area contributed by atoms with E-state index in [4.69, 9.17) is 9.84 Å². The molecule has 0 saturated carbocycles. The standard InChI is InChI=1S/C10H9FO2S/c1-13-9-8(11)3-2-6-4-7(5-12)14-10(6)9/h2-4,12H,5H2,1H3. The van der Waals surface area contributed by atoms with E-state index >= 15 is 0 Å². The van der Waals surface area contributed by atoms with Crippen LogP contribution in [0.15, 0.2) is 18.2 Å². The zero-order valence-corrected chi connectivity index (χ0v) is 8.40. The molecular weight excluding hydrogens is 203 g/mol. The van der Waals surface area contributed by atoms with Gasteiger partial charge in [0, 0.05) is 4.88 Å². The predicted octanol–water partition coefficient (Wildman–Crippen LogP) is 2.54. The van der Waals surface area contributed by atoms with Crippen molar-refractivity contribution >= 4 is 21.4 Å². The highest BCUT2D eigenvalue weighted by molar-refractivity contribution is 7.19. The van der Waals surface area contributed by atoms with Gasteiger partial charge in [-0.15, -0.1) is 11.3 Å². The highest BCUT2D eigenvalue weighted by Gasteiger charge is 2.10. The lowest BCUT2D eigenvalue weighted by Crippen LogP contribution is -1.86. The van der Waals surface area contributed by atoms with Crippen molar-refractivity contribution in [2.24, 2.45) is 0 Å². The molecule has 1 aromatic heterocycles. The SMILES string of the molecule is COc1c(F)ccc2cc(CO)sc12. The summed E-state index contributed by atoms with van der Waals surface area (Å²) in [6, 6.07) is 4.89. The molecule has 1 aromatic carbocycles. The summed E-state index contributed by atoms with van der Waals surface area (Å²) in [4.78, 5) is 0.809. The molecule has 0 amide bonds. The maximum atomic E-state index is 13.3. The maximum absolute atomic E-state index is 13.3. The first-order chi connectivity index (χ1) is 6.76. The third kappa shape index (κ3) is 1.36. The smallest absolute Gasteiger partial charge is 0.172 e. The summed E-state index contributed by atoms with van der Waals surface area (Å²) in [5.74, 6) is -0.112. The molecule has 0 aliphatic carbocycles. The molecule has 0 aliphatic heterocycles. The zero-order chi connectivity index (χ0) is 10.1. The van der Waals surface area contributed by atoms with Crippen LogP contribution in [0.3, 0.4) is 0 Å². The Balaban J connectivity index is 2.73. The first kappa shape index (κ1) is 9.43. The minimum absolute atomic E-state index is 0.0237. The summed E-state index contributed by atoms with van der Waals surface area (Å²) in [5, 5.41) is 9.85. The molecule has 0 atom stereocenters. The van der Waals surface area contributed by atoms with Crippen molar-refractivity contribution in [2.75, 3.05) is 7.11 Å². The van der Waals surface area contributed by atoms with Crippen molar-refractivity contribution in [1.29, 1.82) is 0 Å². The Morgan fingerprint density at radius 3 is 2.93 bits per heavy atom. The molecule has 0 unspecified atom stereocenters. The lowest BCUT2D eigenvalue weighted by molar-refractivity contribution is 0.285. The molecule has 2 aromatic rings. The second kappa shape index (κ2) is 3.55. The summed E-state index contributed by atoms with van der Waals surface area (Å²) in [5.41, 5.74) is 0. The van der Waals surface area contributed by atoms with Crippen LogP contribution < -0.4 is 4.74 Å². The van der Waals surface area contributed by atoms with E-state index in [-0.39, 0.29) is 18.2 Å². The number of aliphatic hydroxyl groups excluding tert-OH is 1. The number of benzene rings is 1. The fourth-order valence-electron chi connectivity index (χ4n) is 1.37. The number of fused-ring (bicyclic) bond motifs is 1. The van der Waals surface area contributed by atoms with Crippen molar-refractivity contribution < 1.29 is 14.2 Å². The van der Waals surface area contributed by atoms with Crippen LogP contribution in [0.4, 0.5) is 4.39 Å². The number of methoxy groups -OCH3 is 1. The summed E-state index contributed by atoms with van der Waals surface area (Å²) >= 11 is 1.35. The molecule has 0 saturated heterocycles. The average Bonchev–Trinajstić information content (AvgIpc) is 2.60. The van der Waals surface area contributed by atoms with Gasteiger partial charge in [-0.05, 0) is 17.5 Å². The second-order valence-electron chi connectivity index (χ2n) is 2.87. The van der Waals surface area contributed by atoms with Crippen LogP contribution in [0.2, 0.25) is 0 Å². The number of thiophene rings is 1. The van der Waals surface area contributed by atoms with Gasteiger partial charge in [-0.1, -0.05) is 6.07 Å². The number of ether oxygens (including phenoxy) is 1. The first-order valence-electron chi connectivity index (χ1n) is 4.12. The van der Waals surface area contributed by atoms with Crippen LogP contribution in [-0.4, -0.2) is 12.2 Å². The van der Waals surface area contributed by atoms with E-state index in [1.54, 1.807) is 6.07 Å². The minimum Gasteiger partial charge on any atom is -0.492 e. The number of hydrogen-bond donors (Lipinski definition) is 1. The molecule has 1 heterocycles. The van der Waals surface area contributed by atoms with E-state index in [9.17, 15) is 4.39 Å². The summed E-state index contributed by atoms with van der Waals surface area (Å²) in [6.07, 6.45) is 0. The van der Waals surface area contributed by atoms with Crippen LogP contribution in [0.5, 0.6) is 5.75 Å². The Hall–Kier alpha value is -1.13. The zero-order valence-electron chi connectivity index (χ0n) is 7.58. The largest absolute Gasteiger partial charge is 0.492 e. The Bertz CT molecular complexity index is 464. The lowest BCUT2D eigenvalue weighted by Gasteiger charge is -2.01. The number of rotatable bonds is 2. The van der Waals surface area contributed by atoms with Gasteiger partial charge in [0.1, 0.15) is 0 Å². The van der Waals surface area contributed by atoms with E-state index in [1.807, 2.05) is 6.07 Å². The van der Waals surface area contributed by atoms with Crippen molar-refractivity contribution in [1.82, 2.24) is 0 Å². The topological polar surface area (TPSA) is 29.5 Å². The Kier molecular flexibility index (Phi) is 2.39. The van der Waals surface area contributed by atoms with E-state index in [2.05, 4.69) is 0 Å². The van der Waals surface area contributed by atoms with Crippen LogP contribution in [0.1, 0.15) is 4.88 Å². The maximum Gasteiger partial charge on any atom is 0.172 e. The van der Waals surface area contributed by atoms with E-state index in [1.165, 1.54) is 24.5 Å². The van der Waals surface area contributed by atoms with E-state index in [0.29, 0.717) is 0 Å².